The molecule has 0 amide bonds. The second-order valence-corrected chi connectivity index (χ2v) is 10.5. The van der Waals surface area contributed by atoms with Gasteiger partial charge in [0.2, 0.25) is 0 Å². The summed E-state index contributed by atoms with van der Waals surface area (Å²) >= 11 is 1.44. The maximum atomic E-state index is 13.1. The highest BCUT2D eigenvalue weighted by atomic mass is 32.1. The SMILES string of the molecule is CC1C(=O)OC2CC3(C)OC3C(C(C(=O)O)c3ccsc3)C(N(C)C)C3=CC(OC3=O)C21. The Balaban J connectivity index is 1.66. The van der Waals surface area contributed by atoms with E-state index in [2.05, 4.69) is 0 Å². The lowest BCUT2D eigenvalue weighted by atomic mass is 9.71. The average Bonchev–Trinajstić information content (AvgIpc) is 3.07. The van der Waals surface area contributed by atoms with Gasteiger partial charge in [0.1, 0.15) is 12.2 Å². The van der Waals surface area contributed by atoms with Crippen LogP contribution in [0.2, 0.25) is 0 Å². The zero-order valence-electron chi connectivity index (χ0n) is 18.4. The normalized spacial score (nSPS) is 41.3. The molecular weight excluding hydrogens is 434 g/mol. The van der Waals surface area contributed by atoms with Gasteiger partial charge in [0.05, 0.1) is 29.1 Å². The zero-order valence-corrected chi connectivity index (χ0v) is 19.2. The number of ether oxygens (including phenoxy) is 3. The van der Waals surface area contributed by atoms with E-state index in [0.717, 1.165) is 0 Å². The van der Waals surface area contributed by atoms with Crippen LogP contribution in [-0.4, -0.2) is 72.0 Å². The van der Waals surface area contributed by atoms with Crippen molar-refractivity contribution in [1.82, 2.24) is 4.90 Å². The molecule has 3 aliphatic heterocycles. The van der Waals surface area contributed by atoms with Gasteiger partial charge < -0.3 is 24.2 Å². The molecule has 1 N–H and O–H groups in total. The molecule has 1 aromatic heterocycles. The largest absolute Gasteiger partial charge is 0.481 e. The molecule has 1 aliphatic carbocycles. The fourth-order valence-corrected chi connectivity index (χ4v) is 6.70. The number of rotatable bonds is 4. The van der Waals surface area contributed by atoms with Crippen LogP contribution in [0.25, 0.3) is 0 Å². The van der Waals surface area contributed by atoms with Gasteiger partial charge in [-0.2, -0.15) is 11.3 Å². The van der Waals surface area contributed by atoms with E-state index in [0.29, 0.717) is 17.6 Å². The van der Waals surface area contributed by atoms with Gasteiger partial charge in [-0.15, -0.1) is 0 Å². The van der Waals surface area contributed by atoms with Gasteiger partial charge in [0, 0.05) is 24.3 Å². The highest BCUT2D eigenvalue weighted by Gasteiger charge is 2.65. The quantitative estimate of drug-likeness (QED) is 0.537. The summed E-state index contributed by atoms with van der Waals surface area (Å²) in [5, 5.41) is 14.0. The number of hydrogen-bond acceptors (Lipinski definition) is 8. The molecule has 32 heavy (non-hydrogen) atoms. The lowest BCUT2D eigenvalue weighted by Crippen LogP contribution is -2.47. The van der Waals surface area contributed by atoms with Crippen molar-refractivity contribution in [2.45, 2.75) is 56.1 Å². The van der Waals surface area contributed by atoms with Gasteiger partial charge in [0.15, 0.2) is 0 Å². The van der Waals surface area contributed by atoms with Crippen molar-refractivity contribution in [3.63, 3.8) is 0 Å². The molecule has 2 fully saturated rings. The molecule has 2 bridgehead atoms. The van der Waals surface area contributed by atoms with Gasteiger partial charge in [-0.1, -0.05) is 6.92 Å². The van der Waals surface area contributed by atoms with Crippen molar-refractivity contribution in [3.05, 3.63) is 34.0 Å². The van der Waals surface area contributed by atoms with Crippen LogP contribution in [0.15, 0.2) is 28.5 Å². The average molecular weight is 462 g/mol. The monoisotopic (exact) mass is 461 g/mol. The number of aliphatic carboxylic acids is 1. The number of carboxylic acid groups (broad SMARTS) is 1. The Hall–Kier alpha value is -2.23. The first-order chi connectivity index (χ1) is 15.1. The second kappa shape index (κ2) is 7.40. The number of carbonyl (C=O) groups excluding carboxylic acids is 2. The standard InChI is InChI=1S/C23H27NO7S/c1-10-15-13-7-12(22(28)29-13)18(24(3)4)17(16(20(25)26)11-5-6-32-9-11)19-23(2,31-19)8-14(15)30-21(10)27/h5-7,9-10,13-19H,8H2,1-4H3,(H,25,26). The summed E-state index contributed by atoms with van der Waals surface area (Å²) in [6, 6.07) is 1.29. The Kier molecular flexibility index (Phi) is 4.99. The molecule has 8 nitrogen and oxygen atoms in total. The van der Waals surface area contributed by atoms with Crippen molar-refractivity contribution < 1.29 is 33.7 Å². The topological polar surface area (TPSA) is 106 Å². The number of thiophene rings is 1. The van der Waals surface area contributed by atoms with Crippen LogP contribution in [0.5, 0.6) is 0 Å². The summed E-state index contributed by atoms with van der Waals surface area (Å²) < 4.78 is 17.7. The number of likely N-dealkylation sites (N-methyl/N-ethyl adjacent to an activating group) is 1. The number of nitrogens with zero attached hydrogens (tertiary/aromatic N) is 1. The predicted octanol–water partition coefficient (Wildman–Crippen LogP) is 2.05. The van der Waals surface area contributed by atoms with Crippen LogP contribution in [0.4, 0.5) is 0 Å². The van der Waals surface area contributed by atoms with Crippen LogP contribution in [-0.2, 0) is 28.6 Å². The zero-order chi connectivity index (χ0) is 22.9. The number of epoxide rings is 1. The smallest absolute Gasteiger partial charge is 0.336 e. The minimum Gasteiger partial charge on any atom is -0.481 e. The van der Waals surface area contributed by atoms with Crippen molar-refractivity contribution in [1.29, 1.82) is 0 Å². The third-order valence-electron chi connectivity index (χ3n) is 7.54. The van der Waals surface area contributed by atoms with Gasteiger partial charge in [0.25, 0.3) is 0 Å². The Morgan fingerprint density at radius 2 is 2.06 bits per heavy atom. The minimum absolute atomic E-state index is 0.294. The lowest BCUT2D eigenvalue weighted by molar-refractivity contribution is -0.145. The highest BCUT2D eigenvalue weighted by molar-refractivity contribution is 7.08. The van der Waals surface area contributed by atoms with Crippen molar-refractivity contribution in [2.75, 3.05) is 14.1 Å². The van der Waals surface area contributed by atoms with Crippen LogP contribution in [0, 0.1) is 17.8 Å². The number of hydrogen-bond donors (Lipinski definition) is 1. The summed E-state index contributed by atoms with van der Waals surface area (Å²) in [6.45, 7) is 3.74. The summed E-state index contributed by atoms with van der Waals surface area (Å²) in [5.41, 5.74) is 0.462. The highest BCUT2D eigenvalue weighted by Crippen LogP contribution is 2.55. The second-order valence-electron chi connectivity index (χ2n) is 9.75. The summed E-state index contributed by atoms with van der Waals surface area (Å²) in [4.78, 5) is 39.9. The molecule has 9 atom stereocenters. The maximum absolute atomic E-state index is 13.1. The molecular formula is C23H27NO7S. The van der Waals surface area contributed by atoms with Crippen molar-refractivity contribution in [3.8, 4) is 0 Å². The van der Waals surface area contributed by atoms with Crippen molar-refractivity contribution in [2.24, 2.45) is 17.8 Å². The van der Waals surface area contributed by atoms with E-state index in [1.165, 1.54) is 11.3 Å². The number of carboxylic acids is 1. The molecule has 0 aromatic carbocycles. The molecule has 1 aromatic rings. The first-order valence-corrected chi connectivity index (χ1v) is 11.8. The lowest BCUT2D eigenvalue weighted by Gasteiger charge is -2.36. The Morgan fingerprint density at radius 1 is 1.31 bits per heavy atom. The van der Waals surface area contributed by atoms with Gasteiger partial charge in [-0.05, 0) is 49.5 Å². The number of fused-ring (bicyclic) bond motifs is 4. The molecule has 9 unspecified atom stereocenters. The van der Waals surface area contributed by atoms with E-state index in [1.807, 2.05) is 42.7 Å². The summed E-state index contributed by atoms with van der Waals surface area (Å²) in [7, 11) is 3.68. The molecule has 9 heteroatoms. The van der Waals surface area contributed by atoms with Crippen LogP contribution in [0.3, 0.4) is 0 Å². The Labute approximate surface area is 190 Å². The third-order valence-corrected chi connectivity index (χ3v) is 8.24. The van der Waals surface area contributed by atoms with Gasteiger partial charge in [-0.3, -0.25) is 9.59 Å². The van der Waals surface area contributed by atoms with E-state index in [4.69, 9.17) is 14.2 Å². The third kappa shape index (κ3) is 3.21. The molecule has 172 valence electrons. The summed E-state index contributed by atoms with van der Waals surface area (Å²) in [6.07, 6.45) is 0.755. The fourth-order valence-electron chi connectivity index (χ4n) is 6.01. The maximum Gasteiger partial charge on any atom is 0.336 e. The Morgan fingerprint density at radius 3 is 2.69 bits per heavy atom. The number of esters is 2. The molecule has 2 saturated heterocycles. The van der Waals surface area contributed by atoms with Gasteiger partial charge >= 0.3 is 17.9 Å². The predicted molar refractivity (Wildman–Crippen MR) is 114 cm³/mol. The van der Waals surface area contributed by atoms with Crippen LogP contribution >= 0.6 is 11.3 Å². The van der Waals surface area contributed by atoms with Crippen LogP contribution < -0.4 is 0 Å². The van der Waals surface area contributed by atoms with E-state index >= 15 is 0 Å². The van der Waals surface area contributed by atoms with Crippen molar-refractivity contribution >= 4 is 29.2 Å². The minimum atomic E-state index is -0.961. The molecule has 4 heterocycles. The van der Waals surface area contributed by atoms with E-state index < -0.39 is 59.6 Å². The van der Waals surface area contributed by atoms with Gasteiger partial charge in [-0.25, -0.2) is 4.79 Å². The van der Waals surface area contributed by atoms with Crippen LogP contribution in [0.1, 0.15) is 31.7 Å². The fraction of sp³-hybridized carbons (Fsp3) is 0.609. The molecule has 0 radical (unpaired) electrons. The molecule has 0 spiro atoms. The van der Waals surface area contributed by atoms with E-state index in [9.17, 15) is 19.5 Å². The first-order valence-electron chi connectivity index (χ1n) is 10.8. The Bertz CT molecular complexity index is 988. The first kappa shape index (κ1) is 21.6. The summed E-state index contributed by atoms with van der Waals surface area (Å²) in [5.74, 6) is -3.84. The molecule has 4 aliphatic rings. The van der Waals surface area contributed by atoms with E-state index in [-0.39, 0.29) is 11.9 Å². The molecule has 5 rings (SSSR count). The molecule has 0 saturated carbocycles. The number of carbonyl (C=O) groups is 3. The van der Waals surface area contributed by atoms with E-state index in [1.54, 1.807) is 13.0 Å².